The molecule has 0 saturated heterocycles. The van der Waals surface area contributed by atoms with Gasteiger partial charge in [0.25, 0.3) is 5.56 Å². The van der Waals surface area contributed by atoms with Gasteiger partial charge < -0.3 is 5.32 Å². The van der Waals surface area contributed by atoms with Crippen LogP contribution in [0.5, 0.6) is 0 Å². The monoisotopic (exact) mass is 341 g/mol. The predicted octanol–water partition coefficient (Wildman–Crippen LogP) is 2.30. The van der Waals surface area contributed by atoms with Gasteiger partial charge in [0.15, 0.2) is 0 Å². The summed E-state index contributed by atoms with van der Waals surface area (Å²) < 4.78 is 1.24. The van der Waals surface area contributed by atoms with Crippen molar-refractivity contribution in [3.05, 3.63) is 52.2 Å². The number of fused-ring (bicyclic) bond motifs is 2. The molecule has 124 valence electrons. The molecule has 0 radical (unpaired) electrons. The third-order valence-electron chi connectivity index (χ3n) is 4.91. The Balaban J connectivity index is 1.39. The molecule has 2 aromatic heterocycles. The first-order valence-electron chi connectivity index (χ1n) is 8.26. The van der Waals surface area contributed by atoms with Gasteiger partial charge in [0.05, 0.1) is 4.88 Å². The highest BCUT2D eigenvalue weighted by atomic mass is 32.1. The zero-order valence-corrected chi connectivity index (χ0v) is 14.0. The lowest BCUT2D eigenvalue weighted by Crippen LogP contribution is -2.36. The maximum Gasteiger partial charge on any atom is 0.267 e. The number of nitrogens with one attached hydrogen (secondary N) is 1. The van der Waals surface area contributed by atoms with E-state index in [-0.39, 0.29) is 18.0 Å². The molecule has 0 spiro atoms. The molecule has 3 atom stereocenters. The molecular weight excluding hydrogens is 322 g/mol. The molecule has 2 aromatic rings. The summed E-state index contributed by atoms with van der Waals surface area (Å²) in [7, 11) is 0. The molecule has 1 N–H and O–H groups in total. The molecule has 6 heteroatoms. The minimum absolute atomic E-state index is 0.0330. The molecule has 1 fully saturated rings. The van der Waals surface area contributed by atoms with Crippen LogP contribution in [0.1, 0.15) is 12.8 Å². The second kappa shape index (κ2) is 6.36. The Hall–Kier alpha value is -2.21. The number of amides is 1. The van der Waals surface area contributed by atoms with Crippen LogP contribution in [0.4, 0.5) is 0 Å². The first-order chi connectivity index (χ1) is 11.7. The van der Waals surface area contributed by atoms with Gasteiger partial charge in [0.2, 0.25) is 5.91 Å². The van der Waals surface area contributed by atoms with Gasteiger partial charge in [-0.1, -0.05) is 18.2 Å². The highest BCUT2D eigenvalue weighted by Gasteiger charge is 2.35. The minimum Gasteiger partial charge on any atom is -0.354 e. The van der Waals surface area contributed by atoms with Gasteiger partial charge in [-0.05, 0) is 48.1 Å². The van der Waals surface area contributed by atoms with Crippen LogP contribution >= 0.6 is 11.3 Å². The third-order valence-corrected chi connectivity index (χ3v) is 5.80. The molecule has 24 heavy (non-hydrogen) atoms. The SMILES string of the molecule is O=C(Cn1nc(-c2cccs2)ccc1=O)NCC1CC2C=CC1C2. The Morgan fingerprint density at radius 3 is 2.92 bits per heavy atom. The van der Waals surface area contributed by atoms with E-state index in [0.717, 1.165) is 17.0 Å². The van der Waals surface area contributed by atoms with Crippen LogP contribution in [0, 0.1) is 17.8 Å². The number of hydrogen-bond donors (Lipinski definition) is 1. The van der Waals surface area contributed by atoms with E-state index in [0.29, 0.717) is 24.3 Å². The molecule has 2 aliphatic carbocycles. The van der Waals surface area contributed by atoms with Crippen LogP contribution in [0.25, 0.3) is 10.6 Å². The summed E-state index contributed by atoms with van der Waals surface area (Å²) in [5.74, 6) is 1.69. The van der Waals surface area contributed by atoms with Gasteiger partial charge in [-0.3, -0.25) is 9.59 Å². The normalized spacial score (nSPS) is 24.4. The van der Waals surface area contributed by atoms with Crippen LogP contribution in [0.3, 0.4) is 0 Å². The quantitative estimate of drug-likeness (QED) is 0.849. The Morgan fingerprint density at radius 1 is 1.29 bits per heavy atom. The number of rotatable bonds is 5. The fourth-order valence-corrected chi connectivity index (χ4v) is 4.37. The first-order valence-corrected chi connectivity index (χ1v) is 9.14. The lowest BCUT2D eigenvalue weighted by Gasteiger charge is -2.18. The van der Waals surface area contributed by atoms with Gasteiger partial charge in [0.1, 0.15) is 12.2 Å². The Morgan fingerprint density at radius 2 is 2.21 bits per heavy atom. The summed E-state index contributed by atoms with van der Waals surface area (Å²) in [5, 5.41) is 9.25. The summed E-state index contributed by atoms with van der Waals surface area (Å²) in [6.45, 7) is 0.651. The van der Waals surface area contributed by atoms with E-state index in [1.807, 2.05) is 17.5 Å². The molecule has 2 bridgehead atoms. The lowest BCUT2D eigenvalue weighted by molar-refractivity contribution is -0.122. The number of aromatic nitrogens is 2. The predicted molar refractivity (Wildman–Crippen MR) is 93.7 cm³/mol. The summed E-state index contributed by atoms with van der Waals surface area (Å²) in [6, 6.07) is 7.05. The second-order valence-electron chi connectivity index (χ2n) is 6.54. The second-order valence-corrected chi connectivity index (χ2v) is 7.48. The number of hydrogen-bond acceptors (Lipinski definition) is 4. The summed E-state index contributed by atoms with van der Waals surface area (Å²) in [6.07, 6.45) is 6.96. The third kappa shape index (κ3) is 3.06. The van der Waals surface area contributed by atoms with E-state index in [4.69, 9.17) is 0 Å². The largest absolute Gasteiger partial charge is 0.354 e. The van der Waals surface area contributed by atoms with Crippen molar-refractivity contribution < 1.29 is 4.79 Å². The van der Waals surface area contributed by atoms with Crippen molar-refractivity contribution in [3.8, 4) is 10.6 Å². The maximum atomic E-state index is 12.2. The van der Waals surface area contributed by atoms with E-state index < -0.39 is 0 Å². The fourth-order valence-electron chi connectivity index (χ4n) is 3.68. The van der Waals surface area contributed by atoms with E-state index in [9.17, 15) is 9.59 Å². The Kier molecular flexibility index (Phi) is 4.06. The Labute approximate surface area is 144 Å². The van der Waals surface area contributed by atoms with Crippen molar-refractivity contribution in [3.63, 3.8) is 0 Å². The zero-order chi connectivity index (χ0) is 16.5. The molecule has 4 rings (SSSR count). The van der Waals surface area contributed by atoms with E-state index in [2.05, 4.69) is 22.6 Å². The smallest absolute Gasteiger partial charge is 0.267 e. The van der Waals surface area contributed by atoms with Crippen LogP contribution in [-0.4, -0.2) is 22.2 Å². The average molecular weight is 341 g/mol. The van der Waals surface area contributed by atoms with Crippen LogP contribution in [0.15, 0.2) is 46.6 Å². The van der Waals surface area contributed by atoms with Crippen molar-refractivity contribution in [2.45, 2.75) is 19.4 Å². The highest BCUT2D eigenvalue weighted by Crippen LogP contribution is 2.42. The number of carbonyl (C=O) groups excluding carboxylic acids is 1. The summed E-state index contributed by atoms with van der Waals surface area (Å²) in [4.78, 5) is 25.1. The molecule has 1 saturated carbocycles. The highest BCUT2D eigenvalue weighted by molar-refractivity contribution is 7.13. The molecule has 1 amide bonds. The van der Waals surface area contributed by atoms with Crippen molar-refractivity contribution in [2.75, 3.05) is 6.54 Å². The summed E-state index contributed by atoms with van der Waals surface area (Å²) >= 11 is 1.56. The van der Waals surface area contributed by atoms with E-state index >= 15 is 0 Å². The van der Waals surface area contributed by atoms with Gasteiger partial charge in [-0.25, -0.2) is 4.68 Å². The number of nitrogens with zero attached hydrogens (tertiary/aromatic N) is 2. The van der Waals surface area contributed by atoms with Crippen LogP contribution in [0.2, 0.25) is 0 Å². The molecular formula is C18H19N3O2S. The lowest BCUT2D eigenvalue weighted by atomic mass is 9.94. The van der Waals surface area contributed by atoms with Gasteiger partial charge in [-0.2, -0.15) is 5.10 Å². The zero-order valence-electron chi connectivity index (χ0n) is 13.2. The van der Waals surface area contributed by atoms with Gasteiger partial charge in [-0.15, -0.1) is 11.3 Å². The van der Waals surface area contributed by atoms with Crippen molar-refractivity contribution in [1.82, 2.24) is 15.1 Å². The molecule has 0 aliphatic heterocycles. The summed E-state index contributed by atoms with van der Waals surface area (Å²) in [5.41, 5.74) is 0.462. The van der Waals surface area contributed by atoms with Crippen molar-refractivity contribution >= 4 is 17.2 Å². The van der Waals surface area contributed by atoms with E-state index in [1.165, 1.54) is 17.2 Å². The maximum absolute atomic E-state index is 12.2. The van der Waals surface area contributed by atoms with Gasteiger partial charge >= 0.3 is 0 Å². The first kappa shape index (κ1) is 15.3. The number of thiophene rings is 1. The average Bonchev–Trinajstić information content (AvgIpc) is 3.32. The number of allylic oxidation sites excluding steroid dienone is 2. The van der Waals surface area contributed by atoms with Gasteiger partial charge in [0, 0.05) is 12.6 Å². The topological polar surface area (TPSA) is 64.0 Å². The van der Waals surface area contributed by atoms with Crippen molar-refractivity contribution in [1.29, 1.82) is 0 Å². The Bertz CT molecular complexity index is 825. The van der Waals surface area contributed by atoms with E-state index in [1.54, 1.807) is 17.4 Å². The molecule has 2 aliphatic rings. The number of carbonyl (C=O) groups is 1. The van der Waals surface area contributed by atoms with Crippen LogP contribution < -0.4 is 10.9 Å². The minimum atomic E-state index is -0.256. The molecule has 5 nitrogen and oxygen atoms in total. The fraction of sp³-hybridized carbons (Fsp3) is 0.389. The molecule has 2 heterocycles. The standard InChI is InChI=1S/C18H19N3O2S/c22-17(19-10-14-9-12-3-4-13(14)8-12)11-21-18(23)6-5-15(20-21)16-2-1-7-24-16/h1-7,12-14H,8-11H2,(H,19,22). The molecule has 3 unspecified atom stereocenters. The van der Waals surface area contributed by atoms with Crippen LogP contribution in [-0.2, 0) is 11.3 Å². The molecule has 0 aromatic carbocycles. The van der Waals surface area contributed by atoms with Crippen molar-refractivity contribution in [2.24, 2.45) is 17.8 Å².